The molecule has 49 heavy (non-hydrogen) atoms. The first kappa shape index (κ1) is 31.3. The Kier molecular flexibility index (Phi) is 7.57. The molecule has 0 spiro atoms. The average molecular weight is 819 g/mol. The molecule has 2 aliphatic rings. The van der Waals surface area contributed by atoms with Gasteiger partial charge in [0, 0.05) is 34.0 Å². The van der Waals surface area contributed by atoms with E-state index in [0.29, 0.717) is 17.4 Å². The van der Waals surface area contributed by atoms with E-state index in [4.69, 9.17) is 19.5 Å². The SMILES string of the molecule is Cc1cc(Oc2[c-]c(-n3c4ccc(C)cc4c4cccnc43)cc(C)c2)[c-]c(C2=N[C@@H]3c4ccc(C)cc4-c4cc(C)ccc4[C@@H]3O2)c1.[Pt+2]. The standard InChI is InChI=1S/C43H33N3O2.Pt/c1-24-8-11-33-36(19-24)37-20-25(2)9-12-34(37)41-40(33)45-43(48-41)29-15-27(4)17-31(22-29)47-32-18-28(5)16-30(23-32)46-39-13-10-26(3)21-38(39)35-7-6-14-44-42(35)46;/h6-21,40-41H,1-5H3;/q-2;+2/t40-,41+;/m1./s1. The number of hydrogen-bond acceptors (Lipinski definition) is 4. The zero-order valence-corrected chi connectivity index (χ0v) is 30.1. The predicted octanol–water partition coefficient (Wildman–Crippen LogP) is 10.4. The Bertz CT molecular complexity index is 2490. The van der Waals surface area contributed by atoms with Crippen molar-refractivity contribution < 1.29 is 30.5 Å². The molecular weight excluding hydrogens is 786 g/mol. The number of rotatable bonds is 4. The maximum absolute atomic E-state index is 6.69. The predicted molar refractivity (Wildman–Crippen MR) is 191 cm³/mol. The molecule has 2 atom stereocenters. The van der Waals surface area contributed by atoms with Gasteiger partial charge >= 0.3 is 21.1 Å². The number of aromatic nitrogens is 2. The molecule has 5 nitrogen and oxygen atoms in total. The van der Waals surface area contributed by atoms with Gasteiger partial charge in [-0.1, -0.05) is 96.4 Å². The second-order valence-corrected chi connectivity index (χ2v) is 13.3. The fourth-order valence-electron chi connectivity index (χ4n) is 7.33. The summed E-state index contributed by atoms with van der Waals surface area (Å²) < 4.78 is 15.4. The monoisotopic (exact) mass is 818 g/mol. The van der Waals surface area contributed by atoms with E-state index in [-0.39, 0.29) is 33.2 Å². The van der Waals surface area contributed by atoms with Gasteiger partial charge in [-0.25, -0.2) is 4.98 Å². The summed E-state index contributed by atoms with van der Waals surface area (Å²) in [4.78, 5) is 9.95. The van der Waals surface area contributed by atoms with Gasteiger partial charge in [-0.05, 0) is 61.7 Å². The number of benzene rings is 5. The number of pyridine rings is 1. The van der Waals surface area contributed by atoms with Gasteiger partial charge in [-0.3, -0.25) is 4.99 Å². The normalized spacial score (nSPS) is 16.0. The Morgan fingerprint density at radius 2 is 1.35 bits per heavy atom. The molecule has 1 aliphatic heterocycles. The Hall–Kier alpha value is -4.99. The van der Waals surface area contributed by atoms with Crippen LogP contribution in [0, 0.1) is 46.8 Å². The summed E-state index contributed by atoms with van der Waals surface area (Å²) in [6, 6.07) is 38.9. The van der Waals surface area contributed by atoms with Crippen LogP contribution in [0.4, 0.5) is 0 Å². The quantitative estimate of drug-likeness (QED) is 0.166. The molecule has 0 saturated carbocycles. The van der Waals surface area contributed by atoms with Gasteiger partial charge in [-0.2, -0.15) is 5.56 Å². The molecule has 7 aromatic rings. The third-order valence-corrected chi connectivity index (χ3v) is 9.45. The zero-order valence-electron chi connectivity index (χ0n) is 27.9. The van der Waals surface area contributed by atoms with Crippen LogP contribution in [0.25, 0.3) is 38.8 Å². The van der Waals surface area contributed by atoms with E-state index in [2.05, 4.69) is 124 Å². The van der Waals surface area contributed by atoms with Crippen molar-refractivity contribution >= 4 is 27.8 Å². The van der Waals surface area contributed by atoms with Crippen molar-refractivity contribution in [2.75, 3.05) is 0 Å². The minimum atomic E-state index is -0.194. The minimum absolute atomic E-state index is 0. The average Bonchev–Trinajstić information content (AvgIpc) is 3.64. The first-order valence-electron chi connectivity index (χ1n) is 16.4. The molecule has 6 heteroatoms. The summed E-state index contributed by atoms with van der Waals surface area (Å²) in [5, 5.41) is 2.28. The Morgan fingerprint density at radius 3 is 2.14 bits per heavy atom. The van der Waals surface area contributed by atoms with E-state index in [0.717, 1.165) is 38.9 Å². The summed E-state index contributed by atoms with van der Waals surface area (Å²) in [5.74, 6) is 1.77. The molecule has 9 rings (SSSR count). The summed E-state index contributed by atoms with van der Waals surface area (Å²) in [5.41, 5.74) is 14.2. The molecule has 0 radical (unpaired) electrons. The molecule has 0 amide bonds. The molecular formula is C43H33N3O2Pt. The summed E-state index contributed by atoms with van der Waals surface area (Å²) in [6.45, 7) is 10.5. The summed E-state index contributed by atoms with van der Waals surface area (Å²) in [6.07, 6.45) is 1.64. The van der Waals surface area contributed by atoms with Crippen molar-refractivity contribution in [2.45, 2.75) is 46.8 Å². The van der Waals surface area contributed by atoms with Gasteiger partial charge in [-0.15, -0.1) is 29.8 Å². The van der Waals surface area contributed by atoms with Crippen molar-refractivity contribution in [3.63, 3.8) is 0 Å². The van der Waals surface area contributed by atoms with Gasteiger partial charge in [0.2, 0.25) is 0 Å². The molecule has 5 aromatic carbocycles. The molecule has 1 aliphatic carbocycles. The maximum Gasteiger partial charge on any atom is 2.00 e. The maximum atomic E-state index is 6.69. The van der Waals surface area contributed by atoms with Crippen LogP contribution in [-0.4, -0.2) is 15.4 Å². The van der Waals surface area contributed by atoms with Crippen LogP contribution in [0.1, 0.15) is 56.7 Å². The minimum Gasteiger partial charge on any atom is -0.510 e. The second kappa shape index (κ2) is 11.9. The fourth-order valence-corrected chi connectivity index (χ4v) is 7.33. The Labute approximate surface area is 300 Å². The molecule has 0 N–H and O–H groups in total. The van der Waals surface area contributed by atoms with Crippen LogP contribution in [-0.2, 0) is 25.8 Å². The van der Waals surface area contributed by atoms with E-state index < -0.39 is 0 Å². The van der Waals surface area contributed by atoms with E-state index in [1.165, 1.54) is 44.3 Å². The van der Waals surface area contributed by atoms with Gasteiger partial charge in [0.05, 0.1) is 5.52 Å². The molecule has 2 aromatic heterocycles. The molecule has 242 valence electrons. The molecule has 0 bridgehead atoms. The van der Waals surface area contributed by atoms with Gasteiger partial charge < -0.3 is 14.0 Å². The Balaban J connectivity index is 0.00000348. The van der Waals surface area contributed by atoms with Crippen LogP contribution in [0.3, 0.4) is 0 Å². The zero-order chi connectivity index (χ0) is 32.7. The first-order chi connectivity index (χ1) is 23.3. The number of ether oxygens (including phenoxy) is 2. The number of aliphatic imine (C=N–C) groups is 1. The van der Waals surface area contributed by atoms with Gasteiger partial charge in [0.15, 0.2) is 0 Å². The largest absolute Gasteiger partial charge is 2.00 e. The molecule has 3 heterocycles. The molecule has 0 saturated heterocycles. The first-order valence-corrected chi connectivity index (χ1v) is 16.4. The third kappa shape index (κ3) is 5.28. The van der Waals surface area contributed by atoms with Crippen molar-refractivity contribution in [1.82, 2.24) is 9.55 Å². The molecule has 0 unspecified atom stereocenters. The number of nitrogens with zero attached hydrogens (tertiary/aromatic N) is 3. The van der Waals surface area contributed by atoms with Crippen LogP contribution in [0.2, 0.25) is 0 Å². The number of aryl methyl sites for hydroxylation is 5. The summed E-state index contributed by atoms with van der Waals surface area (Å²) in [7, 11) is 0. The smallest absolute Gasteiger partial charge is 0.510 e. The van der Waals surface area contributed by atoms with Crippen molar-refractivity contribution in [3.8, 4) is 28.3 Å². The van der Waals surface area contributed by atoms with Crippen molar-refractivity contribution in [3.05, 3.63) is 154 Å². The summed E-state index contributed by atoms with van der Waals surface area (Å²) >= 11 is 0. The van der Waals surface area contributed by atoms with Crippen molar-refractivity contribution in [2.24, 2.45) is 4.99 Å². The number of fused-ring (bicyclic) bond motifs is 9. The third-order valence-electron chi connectivity index (χ3n) is 9.45. The van der Waals surface area contributed by atoms with Gasteiger partial charge in [0.25, 0.3) is 0 Å². The van der Waals surface area contributed by atoms with Crippen LogP contribution in [0.15, 0.2) is 102 Å². The van der Waals surface area contributed by atoms with Crippen molar-refractivity contribution in [1.29, 1.82) is 0 Å². The van der Waals surface area contributed by atoms with E-state index in [1.54, 1.807) is 0 Å². The van der Waals surface area contributed by atoms with Crippen LogP contribution < -0.4 is 4.74 Å². The van der Waals surface area contributed by atoms with Crippen LogP contribution >= 0.6 is 0 Å². The second-order valence-electron chi connectivity index (χ2n) is 13.3. The van der Waals surface area contributed by atoms with Gasteiger partial charge in [0.1, 0.15) is 23.7 Å². The number of hydrogen-bond donors (Lipinski definition) is 0. The van der Waals surface area contributed by atoms with Crippen LogP contribution in [0.5, 0.6) is 11.5 Å². The Morgan fingerprint density at radius 1 is 0.673 bits per heavy atom. The van der Waals surface area contributed by atoms with E-state index in [9.17, 15) is 0 Å². The molecule has 0 fully saturated rings. The fraction of sp³-hybridized carbons (Fsp3) is 0.163. The van der Waals surface area contributed by atoms with E-state index >= 15 is 0 Å². The van der Waals surface area contributed by atoms with E-state index in [1.807, 2.05) is 24.4 Å². The topological polar surface area (TPSA) is 48.6 Å².